The third kappa shape index (κ3) is 4.73. The van der Waals surface area contributed by atoms with E-state index in [0.717, 1.165) is 12.1 Å². The second-order valence-electron chi connectivity index (χ2n) is 7.14. The maximum atomic E-state index is 11.6. The molecule has 0 saturated heterocycles. The van der Waals surface area contributed by atoms with Crippen molar-refractivity contribution in [1.29, 1.82) is 0 Å². The lowest BCUT2D eigenvalue weighted by Crippen LogP contribution is -2.36. The van der Waals surface area contributed by atoms with Gasteiger partial charge in [-0.25, -0.2) is 0 Å². The van der Waals surface area contributed by atoms with Gasteiger partial charge in [-0.3, -0.25) is 9.48 Å². The van der Waals surface area contributed by atoms with Gasteiger partial charge in [-0.05, 0) is 30.6 Å². The average Bonchev–Trinajstić information content (AvgIpc) is 2.86. The molecule has 1 amide bonds. The van der Waals surface area contributed by atoms with Crippen molar-refractivity contribution in [2.75, 3.05) is 18.5 Å². The Bertz CT molecular complexity index is 498. The van der Waals surface area contributed by atoms with Crippen LogP contribution in [-0.4, -0.2) is 40.0 Å². The lowest BCUT2D eigenvalue weighted by Gasteiger charge is -2.39. The lowest BCUT2D eigenvalue weighted by molar-refractivity contribution is -0.122. The molecular formula is C16H28N4O2. The number of aliphatic hydroxyl groups excluding tert-OH is 1. The normalized spacial score (nSPS) is 24.0. The van der Waals surface area contributed by atoms with E-state index in [9.17, 15) is 4.79 Å². The molecule has 1 fully saturated rings. The van der Waals surface area contributed by atoms with Gasteiger partial charge in [-0.1, -0.05) is 20.8 Å². The van der Waals surface area contributed by atoms with Gasteiger partial charge in [0.25, 0.3) is 0 Å². The van der Waals surface area contributed by atoms with Gasteiger partial charge < -0.3 is 15.7 Å². The Balaban J connectivity index is 1.86. The monoisotopic (exact) mass is 308 g/mol. The maximum Gasteiger partial charge on any atom is 0.241 e. The van der Waals surface area contributed by atoms with Gasteiger partial charge in [0.2, 0.25) is 5.91 Å². The van der Waals surface area contributed by atoms with Gasteiger partial charge in [0.1, 0.15) is 6.54 Å². The number of carbonyl (C=O) groups excluding carboxylic acids is 1. The summed E-state index contributed by atoms with van der Waals surface area (Å²) in [7, 11) is 0. The summed E-state index contributed by atoms with van der Waals surface area (Å²) in [5, 5.41) is 19.1. The minimum absolute atomic E-state index is 0.0480. The highest BCUT2D eigenvalue weighted by Gasteiger charge is 2.32. The van der Waals surface area contributed by atoms with Crippen molar-refractivity contribution in [2.45, 2.75) is 52.6 Å². The summed E-state index contributed by atoms with van der Waals surface area (Å²) in [4.78, 5) is 11.6. The van der Waals surface area contributed by atoms with E-state index in [4.69, 9.17) is 5.11 Å². The van der Waals surface area contributed by atoms with Crippen LogP contribution in [0.25, 0.3) is 0 Å². The van der Waals surface area contributed by atoms with Crippen molar-refractivity contribution in [2.24, 2.45) is 11.3 Å². The lowest BCUT2D eigenvalue weighted by atomic mass is 9.70. The molecule has 1 heterocycles. The van der Waals surface area contributed by atoms with E-state index >= 15 is 0 Å². The fourth-order valence-electron chi connectivity index (χ4n) is 3.30. The Hall–Kier alpha value is -1.56. The van der Waals surface area contributed by atoms with Crippen molar-refractivity contribution in [3.8, 4) is 0 Å². The highest BCUT2D eigenvalue weighted by Crippen LogP contribution is 2.39. The number of hydrogen-bond acceptors (Lipinski definition) is 4. The van der Waals surface area contributed by atoms with Crippen LogP contribution in [-0.2, 0) is 11.3 Å². The Labute approximate surface area is 132 Å². The van der Waals surface area contributed by atoms with Gasteiger partial charge in [-0.15, -0.1) is 0 Å². The predicted molar refractivity (Wildman–Crippen MR) is 86.5 cm³/mol. The molecule has 0 aliphatic heterocycles. The van der Waals surface area contributed by atoms with E-state index < -0.39 is 0 Å². The highest BCUT2D eigenvalue weighted by atomic mass is 16.3. The Kier molecular flexibility index (Phi) is 5.45. The first kappa shape index (κ1) is 16.8. The molecule has 1 aromatic heterocycles. The van der Waals surface area contributed by atoms with Crippen LogP contribution >= 0.6 is 0 Å². The fourth-order valence-corrected chi connectivity index (χ4v) is 3.30. The molecule has 0 aromatic carbocycles. The second-order valence-corrected chi connectivity index (χ2v) is 7.14. The summed E-state index contributed by atoms with van der Waals surface area (Å²) in [5.74, 6) is 0.483. The van der Waals surface area contributed by atoms with Crippen molar-refractivity contribution in [3.63, 3.8) is 0 Å². The van der Waals surface area contributed by atoms with Crippen LogP contribution in [0, 0.1) is 11.3 Å². The van der Waals surface area contributed by atoms with Crippen LogP contribution in [0.15, 0.2) is 12.4 Å². The second kappa shape index (κ2) is 7.13. The van der Waals surface area contributed by atoms with Gasteiger partial charge in [0.15, 0.2) is 0 Å². The van der Waals surface area contributed by atoms with Gasteiger partial charge in [0.05, 0.1) is 18.5 Å². The molecule has 0 bridgehead atoms. The molecule has 6 nitrogen and oxygen atoms in total. The molecule has 0 spiro atoms. The standard InChI is InChI=1S/C16H28N4O2/c1-12-8-16(2,3)5-4-14(12)19-13-9-18-20(10-13)11-15(22)17-6-7-21/h9-10,12,14,19,21H,4-8,11H2,1-3H3,(H,17,22). The minimum Gasteiger partial charge on any atom is -0.395 e. The van der Waals surface area contributed by atoms with E-state index in [1.165, 1.54) is 12.8 Å². The molecule has 1 aromatic rings. The van der Waals surface area contributed by atoms with Crippen LogP contribution in [0.4, 0.5) is 5.69 Å². The molecule has 1 aliphatic carbocycles. The first-order valence-corrected chi connectivity index (χ1v) is 8.06. The topological polar surface area (TPSA) is 79.2 Å². The smallest absolute Gasteiger partial charge is 0.241 e. The number of rotatable bonds is 6. The molecule has 22 heavy (non-hydrogen) atoms. The molecular weight excluding hydrogens is 280 g/mol. The van der Waals surface area contributed by atoms with Crippen LogP contribution in [0.1, 0.15) is 40.0 Å². The average molecular weight is 308 g/mol. The van der Waals surface area contributed by atoms with Crippen molar-refractivity contribution < 1.29 is 9.90 Å². The Morgan fingerprint density at radius 1 is 1.55 bits per heavy atom. The minimum atomic E-state index is -0.142. The summed E-state index contributed by atoms with van der Waals surface area (Å²) < 4.78 is 1.62. The molecule has 2 atom stereocenters. The van der Waals surface area contributed by atoms with Crippen molar-refractivity contribution >= 4 is 11.6 Å². The Morgan fingerprint density at radius 2 is 2.32 bits per heavy atom. The Morgan fingerprint density at radius 3 is 3.00 bits per heavy atom. The van der Waals surface area contributed by atoms with E-state index in [-0.39, 0.29) is 25.6 Å². The molecule has 2 rings (SSSR count). The molecule has 1 saturated carbocycles. The zero-order chi connectivity index (χ0) is 16.2. The zero-order valence-electron chi connectivity index (χ0n) is 13.8. The third-order valence-electron chi connectivity index (χ3n) is 4.42. The number of aliphatic hydroxyl groups is 1. The molecule has 124 valence electrons. The highest BCUT2D eigenvalue weighted by molar-refractivity contribution is 5.75. The molecule has 6 heteroatoms. The van der Waals surface area contributed by atoms with Crippen LogP contribution in [0.5, 0.6) is 0 Å². The largest absolute Gasteiger partial charge is 0.395 e. The van der Waals surface area contributed by atoms with Gasteiger partial charge in [0, 0.05) is 18.8 Å². The maximum absolute atomic E-state index is 11.6. The van der Waals surface area contributed by atoms with Crippen LogP contribution < -0.4 is 10.6 Å². The number of nitrogens with one attached hydrogen (secondary N) is 2. The SMILES string of the molecule is CC1CC(C)(C)CCC1Nc1cnn(CC(=O)NCCO)c1. The summed E-state index contributed by atoms with van der Waals surface area (Å²) in [5.41, 5.74) is 1.40. The quantitative estimate of drug-likeness (QED) is 0.746. The number of anilines is 1. The first-order chi connectivity index (χ1) is 10.4. The number of carbonyl (C=O) groups is 1. The predicted octanol–water partition coefficient (Wildman–Crippen LogP) is 1.62. The summed E-state index contributed by atoms with van der Waals surface area (Å²) in [6.45, 7) is 7.37. The zero-order valence-corrected chi connectivity index (χ0v) is 13.8. The summed E-state index contributed by atoms with van der Waals surface area (Å²) in [6, 6.07) is 0.467. The summed E-state index contributed by atoms with van der Waals surface area (Å²) >= 11 is 0. The number of hydrogen-bond donors (Lipinski definition) is 3. The molecule has 1 aliphatic rings. The van der Waals surface area contributed by atoms with Gasteiger partial charge in [-0.2, -0.15) is 5.10 Å². The number of amides is 1. The molecule has 0 radical (unpaired) electrons. The number of nitrogens with zero attached hydrogens (tertiary/aromatic N) is 2. The molecule has 2 unspecified atom stereocenters. The van der Waals surface area contributed by atoms with E-state index in [1.807, 2.05) is 6.20 Å². The van der Waals surface area contributed by atoms with Crippen molar-refractivity contribution in [3.05, 3.63) is 12.4 Å². The summed E-state index contributed by atoms with van der Waals surface area (Å²) in [6.07, 6.45) is 7.25. The fraction of sp³-hybridized carbons (Fsp3) is 0.750. The van der Waals surface area contributed by atoms with Crippen molar-refractivity contribution in [1.82, 2.24) is 15.1 Å². The van der Waals surface area contributed by atoms with E-state index in [1.54, 1.807) is 10.9 Å². The first-order valence-electron chi connectivity index (χ1n) is 8.06. The number of aromatic nitrogens is 2. The molecule has 3 N–H and O–H groups in total. The van der Waals surface area contributed by atoms with Crippen LogP contribution in [0.2, 0.25) is 0 Å². The third-order valence-corrected chi connectivity index (χ3v) is 4.42. The van der Waals surface area contributed by atoms with E-state index in [2.05, 4.69) is 36.5 Å². The van der Waals surface area contributed by atoms with E-state index in [0.29, 0.717) is 17.4 Å². The van der Waals surface area contributed by atoms with Gasteiger partial charge >= 0.3 is 0 Å². The van der Waals surface area contributed by atoms with Crippen LogP contribution in [0.3, 0.4) is 0 Å².